The van der Waals surface area contributed by atoms with Gasteiger partial charge in [0.25, 0.3) is 15.7 Å². The molecule has 0 spiro atoms. The predicted octanol–water partition coefficient (Wildman–Crippen LogP) is 1.34. The molecule has 1 N–H and O–H groups in total. The molecule has 0 aliphatic carbocycles. The van der Waals surface area contributed by atoms with Gasteiger partial charge in [-0.1, -0.05) is 6.07 Å². The summed E-state index contributed by atoms with van der Waals surface area (Å²) < 4.78 is 29.7. The number of hydrogen-bond donors (Lipinski definition) is 1. The quantitative estimate of drug-likeness (QED) is 0.660. The van der Waals surface area contributed by atoms with Crippen LogP contribution in [0.1, 0.15) is 12.5 Å². The largest absolute Gasteiger partial charge is 0.449 e. The van der Waals surface area contributed by atoms with E-state index in [1.807, 2.05) is 0 Å². The number of carbonyl (C=O) groups is 1. The van der Waals surface area contributed by atoms with Gasteiger partial charge in [-0.2, -0.15) is 0 Å². The first-order valence-corrected chi connectivity index (χ1v) is 6.71. The number of nitro groups is 1. The summed E-state index contributed by atoms with van der Waals surface area (Å²) in [5.41, 5.74) is -0.0708. The molecule has 0 fully saturated rings. The number of benzene rings is 1. The fraction of sp³-hybridized carbons (Fsp3) is 0.300. The van der Waals surface area contributed by atoms with Gasteiger partial charge in [0.05, 0.1) is 11.5 Å². The Morgan fingerprint density at radius 1 is 1.47 bits per heavy atom. The second-order valence-electron chi connectivity index (χ2n) is 3.55. The van der Waals surface area contributed by atoms with Gasteiger partial charge in [0.2, 0.25) is 0 Å². The molecule has 0 atom stereocenters. The molecule has 104 valence electrons. The van der Waals surface area contributed by atoms with Crippen LogP contribution in [0.3, 0.4) is 0 Å². The van der Waals surface area contributed by atoms with Crippen molar-refractivity contribution in [1.29, 1.82) is 0 Å². The maximum atomic E-state index is 11.8. The van der Waals surface area contributed by atoms with Gasteiger partial charge in [-0.15, -0.1) is 0 Å². The van der Waals surface area contributed by atoms with Gasteiger partial charge >= 0.3 is 6.09 Å². The number of amides is 1. The van der Waals surface area contributed by atoms with E-state index >= 15 is 0 Å². The Balaban J connectivity index is 3.22. The Morgan fingerprint density at radius 3 is 2.63 bits per heavy atom. The van der Waals surface area contributed by atoms with E-state index in [9.17, 15) is 23.3 Å². The molecule has 1 aromatic rings. The Labute approximate surface area is 109 Å². The number of rotatable bonds is 4. The summed E-state index contributed by atoms with van der Waals surface area (Å²) in [7, 11) is -4.34. The molecule has 0 bridgehead atoms. The van der Waals surface area contributed by atoms with Crippen molar-refractivity contribution < 1.29 is 22.9 Å². The summed E-state index contributed by atoms with van der Waals surface area (Å²) in [5.74, 6) is 0. The Morgan fingerprint density at radius 2 is 2.11 bits per heavy atom. The molecule has 9 heteroatoms. The van der Waals surface area contributed by atoms with E-state index in [0.717, 1.165) is 12.1 Å². The number of hydrogen-bond acceptors (Lipinski definition) is 6. The minimum Gasteiger partial charge on any atom is -0.449 e. The van der Waals surface area contributed by atoms with Crippen LogP contribution in [0.15, 0.2) is 23.1 Å². The van der Waals surface area contributed by atoms with E-state index in [1.165, 1.54) is 13.0 Å². The minimum absolute atomic E-state index is 0.0165. The van der Waals surface area contributed by atoms with Crippen molar-refractivity contribution >= 4 is 21.8 Å². The summed E-state index contributed by atoms with van der Waals surface area (Å²) in [6.07, 6.45) is -1.18. The summed E-state index contributed by atoms with van der Waals surface area (Å²) in [4.78, 5) is 20.5. The average molecular weight is 288 g/mol. The summed E-state index contributed by atoms with van der Waals surface area (Å²) in [5, 5.41) is 10.8. The molecular formula is C10H12N2O6S. The number of sulfonamides is 1. The number of nitro benzene ring substituents is 1. The smallest absolute Gasteiger partial charge is 0.421 e. The van der Waals surface area contributed by atoms with Crippen LogP contribution in [-0.2, 0) is 14.8 Å². The number of nitrogens with zero attached hydrogens (tertiary/aromatic N) is 1. The fourth-order valence-corrected chi connectivity index (χ4v) is 2.37. The molecular weight excluding hydrogens is 276 g/mol. The zero-order valence-corrected chi connectivity index (χ0v) is 11.1. The first-order valence-electron chi connectivity index (χ1n) is 5.22. The molecule has 0 heterocycles. The third-order valence-electron chi connectivity index (χ3n) is 2.09. The topological polar surface area (TPSA) is 116 Å². The van der Waals surface area contributed by atoms with Crippen LogP contribution in [-0.4, -0.2) is 26.0 Å². The third-order valence-corrected chi connectivity index (χ3v) is 3.45. The van der Waals surface area contributed by atoms with Crippen LogP contribution < -0.4 is 4.72 Å². The lowest BCUT2D eigenvalue weighted by atomic mass is 10.2. The Kier molecular flexibility index (Phi) is 4.43. The van der Waals surface area contributed by atoms with Crippen LogP contribution in [0.2, 0.25) is 0 Å². The molecule has 0 aromatic heterocycles. The van der Waals surface area contributed by atoms with Gasteiger partial charge in [0.1, 0.15) is 0 Å². The number of ether oxygens (including phenoxy) is 1. The standard InChI is InChI=1S/C10H12N2O6S/c1-3-18-10(13)11-19(16,17)9-5-4-7(2)6-8(9)12(14)15/h4-6H,3H2,1-2H3,(H,11,13). The molecule has 0 aliphatic rings. The summed E-state index contributed by atoms with van der Waals surface area (Å²) >= 11 is 0. The zero-order chi connectivity index (χ0) is 14.6. The summed E-state index contributed by atoms with van der Waals surface area (Å²) in [6.45, 7) is 3.07. The number of aryl methyl sites for hydroxylation is 1. The lowest BCUT2D eigenvalue weighted by molar-refractivity contribution is -0.387. The second kappa shape index (κ2) is 5.65. The van der Waals surface area contributed by atoms with Crippen molar-refractivity contribution in [1.82, 2.24) is 4.72 Å². The van der Waals surface area contributed by atoms with E-state index in [2.05, 4.69) is 4.74 Å². The van der Waals surface area contributed by atoms with Gasteiger partial charge in [0.15, 0.2) is 4.90 Å². The van der Waals surface area contributed by atoms with Gasteiger partial charge < -0.3 is 4.74 Å². The van der Waals surface area contributed by atoms with Crippen molar-refractivity contribution in [3.05, 3.63) is 33.9 Å². The zero-order valence-electron chi connectivity index (χ0n) is 10.2. The van der Waals surface area contributed by atoms with Crippen LogP contribution >= 0.6 is 0 Å². The second-order valence-corrected chi connectivity index (χ2v) is 5.21. The molecule has 0 radical (unpaired) electrons. The molecule has 1 amide bonds. The maximum Gasteiger partial charge on any atom is 0.421 e. The van der Waals surface area contributed by atoms with Crippen molar-refractivity contribution in [2.45, 2.75) is 18.7 Å². The van der Waals surface area contributed by atoms with E-state index < -0.39 is 31.6 Å². The highest BCUT2D eigenvalue weighted by molar-refractivity contribution is 7.90. The monoisotopic (exact) mass is 288 g/mol. The highest BCUT2D eigenvalue weighted by atomic mass is 32.2. The van der Waals surface area contributed by atoms with Crippen molar-refractivity contribution in [3.8, 4) is 0 Å². The van der Waals surface area contributed by atoms with Crippen molar-refractivity contribution in [2.24, 2.45) is 0 Å². The number of nitrogens with one attached hydrogen (secondary N) is 1. The van der Waals surface area contributed by atoms with Gasteiger partial charge in [-0.25, -0.2) is 17.9 Å². The molecule has 0 saturated carbocycles. The van der Waals surface area contributed by atoms with Gasteiger partial charge in [-0.3, -0.25) is 10.1 Å². The first kappa shape index (κ1) is 14.9. The van der Waals surface area contributed by atoms with Gasteiger partial charge in [0, 0.05) is 6.07 Å². The van der Waals surface area contributed by atoms with E-state index in [4.69, 9.17) is 0 Å². The van der Waals surface area contributed by atoms with E-state index in [-0.39, 0.29) is 6.61 Å². The lowest BCUT2D eigenvalue weighted by Gasteiger charge is -2.07. The predicted molar refractivity (Wildman–Crippen MR) is 65.2 cm³/mol. The highest BCUT2D eigenvalue weighted by Gasteiger charge is 2.27. The van der Waals surface area contributed by atoms with Crippen LogP contribution in [0, 0.1) is 17.0 Å². The number of carbonyl (C=O) groups excluding carboxylic acids is 1. The lowest BCUT2D eigenvalue weighted by Crippen LogP contribution is -2.31. The van der Waals surface area contributed by atoms with Crippen LogP contribution in [0.5, 0.6) is 0 Å². The van der Waals surface area contributed by atoms with Crippen LogP contribution in [0.25, 0.3) is 0 Å². The first-order chi connectivity index (χ1) is 8.77. The minimum atomic E-state index is -4.34. The summed E-state index contributed by atoms with van der Waals surface area (Å²) in [6, 6.07) is 3.57. The van der Waals surface area contributed by atoms with Crippen molar-refractivity contribution in [3.63, 3.8) is 0 Å². The maximum absolute atomic E-state index is 11.8. The fourth-order valence-electron chi connectivity index (χ4n) is 1.32. The molecule has 1 aromatic carbocycles. The molecule has 0 unspecified atom stereocenters. The van der Waals surface area contributed by atoms with Gasteiger partial charge in [-0.05, 0) is 25.5 Å². The van der Waals surface area contributed by atoms with E-state index in [1.54, 1.807) is 11.6 Å². The normalized spacial score (nSPS) is 10.8. The van der Waals surface area contributed by atoms with Crippen molar-refractivity contribution in [2.75, 3.05) is 6.61 Å². The molecule has 8 nitrogen and oxygen atoms in total. The Hall–Kier alpha value is -2.16. The SMILES string of the molecule is CCOC(=O)NS(=O)(=O)c1ccc(C)cc1[N+](=O)[O-]. The van der Waals surface area contributed by atoms with E-state index in [0.29, 0.717) is 5.56 Å². The Bertz CT molecular complexity index is 610. The molecule has 1 rings (SSSR count). The molecule has 0 aliphatic heterocycles. The van der Waals surface area contributed by atoms with Crippen LogP contribution in [0.4, 0.5) is 10.5 Å². The third kappa shape index (κ3) is 3.65. The highest BCUT2D eigenvalue weighted by Crippen LogP contribution is 2.24. The average Bonchev–Trinajstić information content (AvgIpc) is 2.27. The molecule has 19 heavy (non-hydrogen) atoms. The molecule has 0 saturated heterocycles.